The first-order chi connectivity index (χ1) is 13.5. The lowest BCUT2D eigenvalue weighted by atomic mass is 9.77. The summed E-state index contributed by atoms with van der Waals surface area (Å²) >= 11 is 0. The highest BCUT2D eigenvalue weighted by molar-refractivity contribution is 5.85. The Kier molecular flexibility index (Phi) is 4.58. The van der Waals surface area contributed by atoms with Crippen molar-refractivity contribution in [2.45, 2.75) is 26.2 Å². The van der Waals surface area contributed by atoms with Crippen molar-refractivity contribution in [2.24, 2.45) is 5.41 Å². The summed E-state index contributed by atoms with van der Waals surface area (Å²) in [5, 5.41) is 16.9. The number of aryl methyl sites for hydroxylation is 1. The molecule has 4 rings (SSSR count). The summed E-state index contributed by atoms with van der Waals surface area (Å²) < 4.78 is 0. The topological polar surface area (TPSA) is 113 Å². The number of hydrogen-bond acceptors (Lipinski definition) is 7. The standard InChI is InChI=1S/C19H22N6O3/c1-13-12-21-18(22-14-3-2-4-15(11-14)25(27)28)23-16(13)24-9-6-19(7-10-24)5-8-20-17(19)26/h2-4,11-12H,5-10H2,1H3,(H,20,26)(H,21,22,23). The van der Waals surface area contributed by atoms with Crippen molar-refractivity contribution in [1.29, 1.82) is 0 Å². The predicted octanol–water partition coefficient (Wildman–Crippen LogP) is 2.54. The highest BCUT2D eigenvalue weighted by Crippen LogP contribution is 2.39. The van der Waals surface area contributed by atoms with Crippen LogP contribution in [0.5, 0.6) is 0 Å². The number of benzene rings is 1. The smallest absolute Gasteiger partial charge is 0.271 e. The summed E-state index contributed by atoms with van der Waals surface area (Å²) in [5.41, 5.74) is 1.30. The molecule has 0 aliphatic carbocycles. The molecule has 9 nitrogen and oxygen atoms in total. The first-order valence-electron chi connectivity index (χ1n) is 9.35. The average molecular weight is 382 g/mol. The maximum absolute atomic E-state index is 12.2. The van der Waals surface area contributed by atoms with E-state index < -0.39 is 4.92 Å². The van der Waals surface area contributed by atoms with E-state index in [-0.39, 0.29) is 17.0 Å². The van der Waals surface area contributed by atoms with Gasteiger partial charge in [0, 0.05) is 49.2 Å². The normalized spacial score (nSPS) is 18.2. The molecule has 2 aromatic rings. The number of hydrogen-bond donors (Lipinski definition) is 2. The maximum atomic E-state index is 12.2. The molecule has 0 saturated carbocycles. The van der Waals surface area contributed by atoms with Crippen LogP contribution >= 0.6 is 0 Å². The molecule has 28 heavy (non-hydrogen) atoms. The van der Waals surface area contributed by atoms with Gasteiger partial charge in [0.2, 0.25) is 11.9 Å². The van der Waals surface area contributed by atoms with Crippen LogP contribution < -0.4 is 15.5 Å². The van der Waals surface area contributed by atoms with E-state index in [4.69, 9.17) is 0 Å². The molecule has 1 spiro atoms. The SMILES string of the molecule is Cc1cnc(Nc2cccc([N+](=O)[O-])c2)nc1N1CCC2(CCNC2=O)CC1. The molecule has 0 bridgehead atoms. The van der Waals surface area contributed by atoms with Gasteiger partial charge in [-0.05, 0) is 32.3 Å². The molecule has 2 fully saturated rings. The van der Waals surface area contributed by atoms with Gasteiger partial charge in [0.15, 0.2) is 0 Å². The highest BCUT2D eigenvalue weighted by atomic mass is 16.6. The quantitative estimate of drug-likeness (QED) is 0.617. The van der Waals surface area contributed by atoms with Gasteiger partial charge in [0.25, 0.3) is 5.69 Å². The monoisotopic (exact) mass is 382 g/mol. The zero-order valence-electron chi connectivity index (χ0n) is 15.6. The van der Waals surface area contributed by atoms with Crippen LogP contribution in [0.2, 0.25) is 0 Å². The molecule has 0 unspecified atom stereocenters. The van der Waals surface area contributed by atoms with Crippen molar-refractivity contribution < 1.29 is 9.72 Å². The summed E-state index contributed by atoms with van der Waals surface area (Å²) in [6.07, 6.45) is 4.28. The fourth-order valence-corrected chi connectivity index (χ4v) is 3.98. The first-order valence-corrected chi connectivity index (χ1v) is 9.35. The average Bonchev–Trinajstić information content (AvgIpc) is 3.04. The summed E-state index contributed by atoms with van der Waals surface area (Å²) in [6.45, 7) is 4.25. The Balaban J connectivity index is 1.51. The Labute approximate surface area is 162 Å². The molecule has 2 N–H and O–H groups in total. The van der Waals surface area contributed by atoms with Crippen LogP contribution in [0.1, 0.15) is 24.8 Å². The van der Waals surface area contributed by atoms with Crippen molar-refractivity contribution in [3.8, 4) is 0 Å². The Morgan fingerprint density at radius 2 is 2.07 bits per heavy atom. The summed E-state index contributed by atoms with van der Waals surface area (Å²) in [5.74, 6) is 1.40. The van der Waals surface area contributed by atoms with E-state index in [1.807, 2.05) is 6.92 Å². The van der Waals surface area contributed by atoms with E-state index in [1.165, 1.54) is 12.1 Å². The number of nitrogens with one attached hydrogen (secondary N) is 2. The third-order valence-corrected chi connectivity index (χ3v) is 5.65. The molecular weight excluding hydrogens is 360 g/mol. The summed E-state index contributed by atoms with van der Waals surface area (Å²) in [7, 11) is 0. The van der Waals surface area contributed by atoms with Crippen molar-refractivity contribution in [2.75, 3.05) is 29.9 Å². The molecule has 9 heteroatoms. The van der Waals surface area contributed by atoms with Crippen molar-refractivity contribution in [1.82, 2.24) is 15.3 Å². The van der Waals surface area contributed by atoms with Gasteiger partial charge >= 0.3 is 0 Å². The second-order valence-corrected chi connectivity index (χ2v) is 7.41. The van der Waals surface area contributed by atoms with Gasteiger partial charge in [-0.2, -0.15) is 4.98 Å². The van der Waals surface area contributed by atoms with E-state index in [9.17, 15) is 14.9 Å². The van der Waals surface area contributed by atoms with E-state index in [0.717, 1.165) is 50.3 Å². The Morgan fingerprint density at radius 1 is 1.29 bits per heavy atom. The van der Waals surface area contributed by atoms with Crippen LogP contribution in [0.25, 0.3) is 0 Å². The molecule has 3 heterocycles. The zero-order chi connectivity index (χ0) is 19.7. The second kappa shape index (κ2) is 7.06. The largest absolute Gasteiger partial charge is 0.356 e. The molecule has 2 aliphatic heterocycles. The third kappa shape index (κ3) is 3.35. The molecule has 1 aromatic carbocycles. The zero-order valence-corrected chi connectivity index (χ0v) is 15.6. The lowest BCUT2D eigenvalue weighted by molar-refractivity contribution is -0.384. The molecule has 0 atom stereocenters. The third-order valence-electron chi connectivity index (χ3n) is 5.65. The second-order valence-electron chi connectivity index (χ2n) is 7.41. The summed E-state index contributed by atoms with van der Waals surface area (Å²) in [6, 6.07) is 6.24. The fraction of sp³-hybridized carbons (Fsp3) is 0.421. The molecule has 1 aromatic heterocycles. The van der Waals surface area contributed by atoms with Gasteiger partial charge < -0.3 is 15.5 Å². The van der Waals surface area contributed by atoms with Crippen molar-refractivity contribution >= 4 is 29.0 Å². The van der Waals surface area contributed by atoms with Crippen LogP contribution in [0.3, 0.4) is 0 Å². The van der Waals surface area contributed by atoms with Gasteiger partial charge in [-0.25, -0.2) is 4.98 Å². The Morgan fingerprint density at radius 3 is 2.75 bits per heavy atom. The minimum absolute atomic E-state index is 0.00787. The summed E-state index contributed by atoms with van der Waals surface area (Å²) in [4.78, 5) is 33.8. The van der Waals surface area contributed by atoms with Gasteiger partial charge in [0.1, 0.15) is 5.82 Å². The molecule has 146 valence electrons. The number of anilines is 3. The minimum atomic E-state index is -0.435. The van der Waals surface area contributed by atoms with Gasteiger partial charge in [-0.15, -0.1) is 0 Å². The molecule has 0 radical (unpaired) electrons. The van der Waals surface area contributed by atoms with Crippen molar-refractivity contribution in [3.63, 3.8) is 0 Å². The highest BCUT2D eigenvalue weighted by Gasteiger charge is 2.44. The van der Waals surface area contributed by atoms with E-state index in [1.54, 1.807) is 18.3 Å². The predicted molar refractivity (Wildman–Crippen MR) is 105 cm³/mol. The Hall–Kier alpha value is -3.23. The lowest BCUT2D eigenvalue weighted by Gasteiger charge is -2.38. The number of non-ortho nitro benzene ring substituents is 1. The Bertz CT molecular complexity index is 924. The molecule has 1 amide bonds. The number of nitro benzene ring substituents is 1. The van der Waals surface area contributed by atoms with E-state index in [2.05, 4.69) is 25.5 Å². The number of piperidine rings is 1. The van der Waals surface area contributed by atoms with Crippen molar-refractivity contribution in [3.05, 3.63) is 46.1 Å². The van der Waals surface area contributed by atoms with Crippen LogP contribution in [0, 0.1) is 22.5 Å². The number of rotatable bonds is 4. The first kappa shape index (κ1) is 18.1. The number of aromatic nitrogens is 2. The van der Waals surface area contributed by atoms with Gasteiger partial charge in [-0.3, -0.25) is 14.9 Å². The minimum Gasteiger partial charge on any atom is -0.356 e. The number of carbonyl (C=O) groups is 1. The van der Waals surface area contributed by atoms with Crippen LogP contribution in [-0.2, 0) is 4.79 Å². The number of carbonyl (C=O) groups excluding carboxylic acids is 1. The molecule has 2 aliphatic rings. The number of nitro groups is 1. The van der Waals surface area contributed by atoms with Gasteiger partial charge in [0.05, 0.1) is 10.3 Å². The van der Waals surface area contributed by atoms with E-state index >= 15 is 0 Å². The number of nitrogens with zero attached hydrogens (tertiary/aromatic N) is 4. The van der Waals surface area contributed by atoms with Crippen LogP contribution in [-0.4, -0.2) is 40.4 Å². The molecule has 2 saturated heterocycles. The maximum Gasteiger partial charge on any atom is 0.271 e. The lowest BCUT2D eigenvalue weighted by Crippen LogP contribution is -2.44. The molecular formula is C19H22N6O3. The van der Waals surface area contributed by atoms with Crippen LogP contribution in [0.15, 0.2) is 30.5 Å². The van der Waals surface area contributed by atoms with Crippen LogP contribution in [0.4, 0.5) is 23.1 Å². The fourth-order valence-electron chi connectivity index (χ4n) is 3.98. The van der Waals surface area contributed by atoms with Gasteiger partial charge in [-0.1, -0.05) is 6.07 Å². The van der Waals surface area contributed by atoms with E-state index in [0.29, 0.717) is 11.6 Å². The number of amides is 1.